The Hall–Kier alpha value is -1.14. The number of rotatable bonds is 6. The zero-order valence-corrected chi connectivity index (χ0v) is 8.49. The summed E-state index contributed by atoms with van der Waals surface area (Å²) in [5.74, 6) is 0.833. The largest absolute Gasteiger partial charge is 0.407 e. The maximum absolute atomic E-state index is 5.32. The van der Waals surface area contributed by atoms with Crippen LogP contribution in [0.2, 0.25) is 0 Å². The van der Waals surface area contributed by atoms with Crippen molar-refractivity contribution in [3.8, 4) is 0 Å². The first kappa shape index (κ1) is 10.9. The molecule has 6 nitrogen and oxygen atoms in total. The van der Waals surface area contributed by atoms with Gasteiger partial charge in [-0.15, -0.1) is 5.10 Å². The van der Waals surface area contributed by atoms with Gasteiger partial charge in [0.1, 0.15) is 0 Å². The monoisotopic (exact) mass is 200 g/mol. The fraction of sp³-hybridized carbons (Fsp3) is 0.750. The van der Waals surface area contributed by atoms with Gasteiger partial charge in [0.2, 0.25) is 5.89 Å². The fourth-order valence-electron chi connectivity index (χ4n) is 1.01. The molecule has 3 N–H and O–H groups in total. The van der Waals surface area contributed by atoms with E-state index >= 15 is 0 Å². The van der Waals surface area contributed by atoms with Gasteiger partial charge in [-0.05, 0) is 5.92 Å². The first-order valence-electron chi connectivity index (χ1n) is 4.51. The summed E-state index contributed by atoms with van der Waals surface area (Å²) in [7, 11) is 1.68. The van der Waals surface area contributed by atoms with Gasteiger partial charge in [-0.1, -0.05) is 12.0 Å². The Balaban J connectivity index is 2.30. The average Bonchev–Trinajstić information content (AvgIpc) is 2.63. The number of hydrogen-bond acceptors (Lipinski definition) is 6. The normalized spacial score (nSPS) is 12.8. The minimum Gasteiger partial charge on any atom is -0.407 e. The van der Waals surface area contributed by atoms with Gasteiger partial charge in [0, 0.05) is 13.7 Å². The van der Waals surface area contributed by atoms with Crippen molar-refractivity contribution in [2.24, 2.45) is 11.7 Å². The minimum absolute atomic E-state index is 0.266. The van der Waals surface area contributed by atoms with Crippen molar-refractivity contribution in [1.29, 1.82) is 0 Å². The smallest absolute Gasteiger partial charge is 0.315 e. The minimum atomic E-state index is 0.266. The van der Waals surface area contributed by atoms with Gasteiger partial charge in [-0.3, -0.25) is 0 Å². The van der Waals surface area contributed by atoms with Crippen LogP contribution in [0.1, 0.15) is 12.8 Å². The molecule has 0 aliphatic rings. The van der Waals surface area contributed by atoms with Gasteiger partial charge in [0.05, 0.1) is 13.2 Å². The van der Waals surface area contributed by atoms with E-state index in [0.717, 1.165) is 6.54 Å². The molecule has 0 aliphatic carbocycles. The summed E-state index contributed by atoms with van der Waals surface area (Å²) in [6.45, 7) is 3.77. The molecule has 80 valence electrons. The second-order valence-electron chi connectivity index (χ2n) is 3.15. The molecule has 0 amide bonds. The van der Waals surface area contributed by atoms with Crippen LogP contribution in [0.5, 0.6) is 0 Å². The number of hydrogen-bond donors (Lipinski definition) is 2. The Labute approximate surface area is 82.8 Å². The molecule has 1 atom stereocenters. The predicted octanol–water partition coefficient (Wildman–Crippen LogP) is 0.223. The van der Waals surface area contributed by atoms with Crippen LogP contribution in [0.3, 0.4) is 0 Å². The first-order chi connectivity index (χ1) is 6.76. The summed E-state index contributed by atoms with van der Waals surface area (Å²) >= 11 is 0. The molecule has 0 aliphatic heterocycles. The van der Waals surface area contributed by atoms with Crippen molar-refractivity contribution in [3.63, 3.8) is 0 Å². The highest BCUT2D eigenvalue weighted by atomic mass is 16.5. The van der Waals surface area contributed by atoms with E-state index in [0.29, 0.717) is 24.4 Å². The quantitative estimate of drug-likeness (QED) is 0.683. The molecule has 1 rings (SSSR count). The summed E-state index contributed by atoms with van der Waals surface area (Å²) in [6.07, 6.45) is 0. The maximum atomic E-state index is 5.32. The average molecular weight is 200 g/mol. The van der Waals surface area contributed by atoms with E-state index in [2.05, 4.69) is 22.4 Å². The molecule has 1 heterocycles. The highest BCUT2D eigenvalue weighted by Crippen LogP contribution is 2.05. The lowest BCUT2D eigenvalue weighted by Crippen LogP contribution is -2.15. The number of nitrogens with zero attached hydrogens (tertiary/aromatic N) is 2. The van der Waals surface area contributed by atoms with Crippen LogP contribution in [-0.4, -0.2) is 30.5 Å². The maximum Gasteiger partial charge on any atom is 0.315 e. The van der Waals surface area contributed by atoms with Crippen LogP contribution in [0.4, 0.5) is 6.01 Å². The first-order valence-corrected chi connectivity index (χ1v) is 4.51. The third-order valence-electron chi connectivity index (χ3n) is 1.69. The van der Waals surface area contributed by atoms with Gasteiger partial charge < -0.3 is 20.2 Å². The number of nitrogens with two attached hydrogens (primary N) is 1. The van der Waals surface area contributed by atoms with Crippen molar-refractivity contribution >= 4 is 6.01 Å². The Kier molecular flexibility index (Phi) is 4.34. The van der Waals surface area contributed by atoms with E-state index in [1.54, 1.807) is 7.11 Å². The summed E-state index contributed by atoms with van der Waals surface area (Å²) < 4.78 is 10.2. The number of ether oxygens (including phenoxy) is 1. The third-order valence-corrected chi connectivity index (χ3v) is 1.69. The summed E-state index contributed by atoms with van der Waals surface area (Å²) in [5.41, 5.74) is 5.32. The van der Waals surface area contributed by atoms with Crippen LogP contribution in [-0.2, 0) is 11.3 Å². The van der Waals surface area contributed by atoms with E-state index in [4.69, 9.17) is 14.9 Å². The van der Waals surface area contributed by atoms with Gasteiger partial charge in [-0.25, -0.2) is 0 Å². The van der Waals surface area contributed by atoms with Crippen molar-refractivity contribution in [2.75, 3.05) is 25.6 Å². The van der Waals surface area contributed by atoms with Crippen LogP contribution >= 0.6 is 0 Å². The number of nitrogens with one attached hydrogen (secondary N) is 1. The van der Waals surface area contributed by atoms with Crippen molar-refractivity contribution in [1.82, 2.24) is 10.2 Å². The molecule has 0 bridgehead atoms. The standard InChI is InChI=1S/C8H16N4O2/c1-6(5-13-2)4-10-8-12-11-7(3-9)14-8/h6H,3-5,9H2,1-2H3,(H,10,12). The summed E-state index contributed by atoms with van der Waals surface area (Å²) in [5, 5.41) is 10.5. The molecule has 0 fully saturated rings. The van der Waals surface area contributed by atoms with Crippen molar-refractivity contribution in [2.45, 2.75) is 13.5 Å². The Morgan fingerprint density at radius 3 is 2.93 bits per heavy atom. The van der Waals surface area contributed by atoms with Gasteiger partial charge in [-0.2, -0.15) is 0 Å². The van der Waals surface area contributed by atoms with Gasteiger partial charge in [0.15, 0.2) is 0 Å². The second-order valence-corrected chi connectivity index (χ2v) is 3.15. The molecular formula is C8H16N4O2. The summed E-state index contributed by atoms with van der Waals surface area (Å²) in [4.78, 5) is 0. The predicted molar refractivity (Wildman–Crippen MR) is 51.7 cm³/mol. The number of aromatic nitrogens is 2. The molecule has 1 unspecified atom stereocenters. The molecule has 0 spiro atoms. The van der Waals surface area contributed by atoms with Crippen LogP contribution in [0, 0.1) is 5.92 Å². The molecule has 6 heteroatoms. The Morgan fingerprint density at radius 2 is 2.36 bits per heavy atom. The molecule has 0 aromatic carbocycles. The Bertz CT molecular complexity index is 264. The van der Waals surface area contributed by atoms with Gasteiger partial charge in [0.25, 0.3) is 0 Å². The zero-order chi connectivity index (χ0) is 10.4. The van der Waals surface area contributed by atoms with Crippen LogP contribution < -0.4 is 11.1 Å². The Morgan fingerprint density at radius 1 is 1.57 bits per heavy atom. The molecule has 0 saturated carbocycles. The molecule has 14 heavy (non-hydrogen) atoms. The SMILES string of the molecule is COCC(C)CNc1nnc(CN)o1. The summed E-state index contributed by atoms with van der Waals surface area (Å²) in [6, 6.07) is 0.411. The van der Waals surface area contributed by atoms with E-state index in [1.165, 1.54) is 0 Å². The lowest BCUT2D eigenvalue weighted by atomic mass is 10.2. The van der Waals surface area contributed by atoms with Crippen LogP contribution in [0.15, 0.2) is 4.42 Å². The fourth-order valence-corrected chi connectivity index (χ4v) is 1.01. The zero-order valence-electron chi connectivity index (χ0n) is 8.49. The van der Waals surface area contributed by atoms with E-state index < -0.39 is 0 Å². The highest BCUT2D eigenvalue weighted by Gasteiger charge is 2.05. The molecule has 0 saturated heterocycles. The lowest BCUT2D eigenvalue weighted by molar-refractivity contribution is 0.164. The topological polar surface area (TPSA) is 86.2 Å². The lowest BCUT2D eigenvalue weighted by Gasteiger charge is -2.08. The second kappa shape index (κ2) is 5.56. The highest BCUT2D eigenvalue weighted by molar-refractivity contribution is 5.16. The van der Waals surface area contributed by atoms with Gasteiger partial charge >= 0.3 is 6.01 Å². The van der Waals surface area contributed by atoms with E-state index in [1.807, 2.05) is 0 Å². The molecule has 1 aromatic heterocycles. The number of anilines is 1. The van der Waals surface area contributed by atoms with Crippen molar-refractivity contribution in [3.05, 3.63) is 5.89 Å². The molecular weight excluding hydrogens is 184 g/mol. The number of methoxy groups -OCH3 is 1. The molecule has 1 aromatic rings. The van der Waals surface area contributed by atoms with E-state index in [-0.39, 0.29) is 6.54 Å². The molecule has 0 radical (unpaired) electrons. The van der Waals surface area contributed by atoms with Crippen molar-refractivity contribution < 1.29 is 9.15 Å². The van der Waals surface area contributed by atoms with E-state index in [9.17, 15) is 0 Å². The third kappa shape index (κ3) is 3.31. The van der Waals surface area contributed by atoms with Crippen LogP contribution in [0.25, 0.3) is 0 Å².